The second-order valence-corrected chi connectivity index (χ2v) is 5.87. The molecule has 6 nitrogen and oxygen atoms in total. The van der Waals surface area contributed by atoms with E-state index in [2.05, 4.69) is 5.32 Å². The van der Waals surface area contributed by atoms with E-state index in [0.717, 1.165) is 0 Å². The number of esters is 1. The minimum atomic E-state index is -2.38. The van der Waals surface area contributed by atoms with Crippen LogP contribution in [0.5, 0.6) is 0 Å². The maximum absolute atomic E-state index is 12.7. The van der Waals surface area contributed by atoms with Crippen LogP contribution in [0.25, 0.3) is 0 Å². The Kier molecular flexibility index (Phi) is 2.95. The van der Waals surface area contributed by atoms with Crippen molar-refractivity contribution in [3.8, 4) is 0 Å². The lowest BCUT2D eigenvalue weighted by atomic mass is 9.85. The molecule has 0 fully saturated rings. The Bertz CT molecular complexity index is 723. The lowest BCUT2D eigenvalue weighted by Gasteiger charge is -2.32. The van der Waals surface area contributed by atoms with Crippen molar-refractivity contribution < 1.29 is 24.5 Å². The molecule has 3 rings (SSSR count). The number of hydrogen-bond donors (Lipinski definition) is 3. The van der Waals surface area contributed by atoms with E-state index < -0.39 is 29.2 Å². The molecule has 1 aromatic carbocycles. The Hall–Kier alpha value is -2.18. The maximum Gasteiger partial charge on any atom is 0.339 e. The SMILES string of the molecule is CC1=C(C(=O)OC(C)C)[C@@]2(O)C(=O)c3ccccc3[C@@]2(O)N1. The molecule has 0 saturated heterocycles. The summed E-state index contributed by atoms with van der Waals surface area (Å²) in [5.41, 5.74) is -4.04. The topological polar surface area (TPSA) is 95.9 Å². The molecule has 3 N–H and O–H groups in total. The molecular formula is C16H17NO5. The molecule has 0 saturated carbocycles. The first-order chi connectivity index (χ1) is 10.2. The van der Waals surface area contributed by atoms with Crippen LogP contribution < -0.4 is 5.32 Å². The molecule has 6 heteroatoms. The predicted octanol–water partition coefficient (Wildman–Crippen LogP) is 0.588. The molecule has 22 heavy (non-hydrogen) atoms. The number of carbonyl (C=O) groups is 2. The third kappa shape index (κ3) is 1.56. The number of allylic oxidation sites excluding steroid dienone is 1. The van der Waals surface area contributed by atoms with Crippen molar-refractivity contribution in [1.82, 2.24) is 5.32 Å². The van der Waals surface area contributed by atoms with E-state index in [0.29, 0.717) is 0 Å². The fourth-order valence-electron chi connectivity index (χ4n) is 3.18. The highest BCUT2D eigenvalue weighted by molar-refractivity contribution is 6.16. The van der Waals surface area contributed by atoms with Gasteiger partial charge in [-0.15, -0.1) is 0 Å². The zero-order chi connectivity index (χ0) is 16.3. The van der Waals surface area contributed by atoms with Crippen molar-refractivity contribution in [2.24, 2.45) is 0 Å². The highest BCUT2D eigenvalue weighted by Gasteiger charge is 2.70. The summed E-state index contributed by atoms with van der Waals surface area (Å²) in [5.74, 6) is -1.54. The van der Waals surface area contributed by atoms with Gasteiger partial charge in [0.05, 0.1) is 6.10 Å². The summed E-state index contributed by atoms with van der Waals surface area (Å²) in [6.07, 6.45) is -0.413. The van der Waals surface area contributed by atoms with Gasteiger partial charge in [-0.2, -0.15) is 0 Å². The monoisotopic (exact) mass is 303 g/mol. The first kappa shape index (κ1) is 14.7. The van der Waals surface area contributed by atoms with E-state index in [4.69, 9.17) is 4.74 Å². The van der Waals surface area contributed by atoms with Crippen molar-refractivity contribution in [2.75, 3.05) is 0 Å². The van der Waals surface area contributed by atoms with Crippen LogP contribution in [0.15, 0.2) is 35.5 Å². The first-order valence-corrected chi connectivity index (χ1v) is 7.03. The smallest absolute Gasteiger partial charge is 0.339 e. The van der Waals surface area contributed by atoms with Crippen LogP contribution in [0.3, 0.4) is 0 Å². The maximum atomic E-state index is 12.7. The normalized spacial score (nSPS) is 29.5. The van der Waals surface area contributed by atoms with Crippen molar-refractivity contribution in [3.05, 3.63) is 46.7 Å². The number of Topliss-reactive ketones (excluding diaryl/α,β-unsaturated/α-hetero) is 1. The van der Waals surface area contributed by atoms with E-state index in [1.165, 1.54) is 13.0 Å². The average molecular weight is 303 g/mol. The van der Waals surface area contributed by atoms with E-state index in [-0.39, 0.29) is 22.4 Å². The van der Waals surface area contributed by atoms with Gasteiger partial charge < -0.3 is 20.3 Å². The van der Waals surface area contributed by atoms with Crippen LogP contribution >= 0.6 is 0 Å². The number of aliphatic hydroxyl groups is 2. The van der Waals surface area contributed by atoms with Crippen LogP contribution in [0, 0.1) is 0 Å². The van der Waals surface area contributed by atoms with Crippen molar-refractivity contribution >= 4 is 11.8 Å². The summed E-state index contributed by atoms with van der Waals surface area (Å²) in [6.45, 7) is 4.84. The van der Waals surface area contributed by atoms with Gasteiger partial charge in [0.15, 0.2) is 0 Å². The molecule has 1 heterocycles. The Morgan fingerprint density at radius 2 is 1.91 bits per heavy atom. The number of fused-ring (bicyclic) bond motifs is 3. The minimum absolute atomic E-state index is 0.183. The molecule has 0 aromatic heterocycles. The van der Waals surface area contributed by atoms with Gasteiger partial charge in [-0.1, -0.05) is 24.3 Å². The van der Waals surface area contributed by atoms with Gasteiger partial charge in [0, 0.05) is 16.8 Å². The number of nitrogens with one attached hydrogen (secondary N) is 1. The summed E-state index contributed by atoms with van der Waals surface area (Å²) in [7, 11) is 0. The third-order valence-corrected chi connectivity index (χ3v) is 4.07. The van der Waals surface area contributed by atoms with E-state index in [9.17, 15) is 19.8 Å². The number of ketones is 1. The highest BCUT2D eigenvalue weighted by Crippen LogP contribution is 2.51. The Morgan fingerprint density at radius 3 is 2.55 bits per heavy atom. The van der Waals surface area contributed by atoms with Crippen LogP contribution in [0.4, 0.5) is 0 Å². The van der Waals surface area contributed by atoms with E-state index in [1.807, 2.05) is 0 Å². The number of ether oxygens (including phenoxy) is 1. The number of benzene rings is 1. The summed E-state index contributed by atoms with van der Waals surface area (Å²) in [5, 5.41) is 24.6. The molecule has 0 bridgehead atoms. The number of rotatable bonds is 2. The van der Waals surface area contributed by atoms with Crippen LogP contribution in [-0.4, -0.2) is 33.7 Å². The largest absolute Gasteiger partial charge is 0.459 e. The molecular weight excluding hydrogens is 286 g/mol. The van der Waals surface area contributed by atoms with Crippen molar-refractivity contribution in [2.45, 2.75) is 38.2 Å². The molecule has 0 radical (unpaired) electrons. The van der Waals surface area contributed by atoms with E-state index >= 15 is 0 Å². The van der Waals surface area contributed by atoms with Crippen molar-refractivity contribution in [3.63, 3.8) is 0 Å². The zero-order valence-electron chi connectivity index (χ0n) is 12.5. The van der Waals surface area contributed by atoms with Crippen LogP contribution in [-0.2, 0) is 15.3 Å². The molecule has 0 amide bonds. The summed E-state index contributed by atoms with van der Waals surface area (Å²) >= 11 is 0. The second kappa shape index (κ2) is 4.41. The minimum Gasteiger partial charge on any atom is -0.459 e. The first-order valence-electron chi connectivity index (χ1n) is 7.03. The predicted molar refractivity (Wildman–Crippen MR) is 76.7 cm³/mol. The zero-order valence-corrected chi connectivity index (χ0v) is 12.5. The molecule has 2 atom stereocenters. The summed E-state index contributed by atoms with van der Waals surface area (Å²) < 4.78 is 5.11. The third-order valence-electron chi connectivity index (χ3n) is 4.07. The quantitative estimate of drug-likeness (QED) is 0.692. The van der Waals surface area contributed by atoms with Crippen molar-refractivity contribution in [1.29, 1.82) is 0 Å². The molecule has 2 aliphatic rings. The average Bonchev–Trinajstić information content (AvgIpc) is 2.74. The lowest BCUT2D eigenvalue weighted by Crippen LogP contribution is -2.56. The van der Waals surface area contributed by atoms with E-state index in [1.54, 1.807) is 32.0 Å². The Labute approximate surface area is 127 Å². The Balaban J connectivity index is 2.17. The molecule has 0 spiro atoms. The molecule has 1 aromatic rings. The van der Waals surface area contributed by atoms with Crippen LogP contribution in [0.1, 0.15) is 36.7 Å². The summed E-state index contributed by atoms with van der Waals surface area (Å²) in [4.78, 5) is 25.0. The second-order valence-electron chi connectivity index (χ2n) is 5.87. The fourth-order valence-corrected chi connectivity index (χ4v) is 3.18. The fraction of sp³-hybridized carbons (Fsp3) is 0.375. The standard InChI is InChI=1S/C16H17NO5/c1-8(2)22-14(19)12-9(3)17-16(21)11-7-5-4-6-10(11)13(18)15(12,16)20/h4-8,17,20-21H,1-3H3/t15-,16+/m1/s1. The van der Waals surface area contributed by atoms with Gasteiger partial charge in [0.25, 0.3) is 0 Å². The number of hydrogen-bond acceptors (Lipinski definition) is 6. The van der Waals surface area contributed by atoms with Gasteiger partial charge >= 0.3 is 5.97 Å². The molecule has 116 valence electrons. The molecule has 0 unspecified atom stereocenters. The van der Waals surface area contributed by atoms with Crippen LogP contribution in [0.2, 0.25) is 0 Å². The lowest BCUT2D eigenvalue weighted by molar-refractivity contribution is -0.150. The Morgan fingerprint density at radius 1 is 1.27 bits per heavy atom. The van der Waals surface area contributed by atoms with Gasteiger partial charge in [-0.3, -0.25) is 4.79 Å². The number of carbonyl (C=O) groups excluding carboxylic acids is 2. The molecule has 1 aliphatic carbocycles. The van der Waals surface area contributed by atoms with Gasteiger partial charge in [0.2, 0.25) is 17.1 Å². The summed E-state index contributed by atoms with van der Waals surface area (Å²) in [6, 6.07) is 6.33. The molecule has 1 aliphatic heterocycles. The van der Waals surface area contributed by atoms with Gasteiger partial charge in [-0.25, -0.2) is 4.79 Å². The highest BCUT2D eigenvalue weighted by atomic mass is 16.5. The van der Waals surface area contributed by atoms with Gasteiger partial charge in [-0.05, 0) is 20.8 Å². The van der Waals surface area contributed by atoms with Gasteiger partial charge in [0.1, 0.15) is 5.57 Å².